The molecule has 1 aromatic rings. The first-order valence-corrected chi connectivity index (χ1v) is 8.61. The molecule has 8 heteroatoms. The largest absolute Gasteiger partial charge is 0.366 e. The molecule has 0 aromatic carbocycles. The highest BCUT2D eigenvalue weighted by Crippen LogP contribution is 2.30. The Morgan fingerprint density at radius 3 is 2.58 bits per heavy atom. The first-order chi connectivity index (χ1) is 12.5. The molecule has 2 bridgehead atoms. The molecule has 4 heterocycles. The zero-order valence-electron chi connectivity index (χ0n) is 14.3. The van der Waals surface area contributed by atoms with E-state index in [2.05, 4.69) is 4.98 Å². The zero-order chi connectivity index (χ0) is 18.3. The number of amides is 2. The number of nitrogens with zero attached hydrogens (tertiary/aromatic N) is 3. The van der Waals surface area contributed by atoms with Gasteiger partial charge in [0, 0.05) is 6.20 Å². The second kappa shape index (κ2) is 6.54. The van der Waals surface area contributed by atoms with E-state index in [0.29, 0.717) is 11.4 Å². The molecular formula is C18H20N4O4. The van der Waals surface area contributed by atoms with E-state index in [-0.39, 0.29) is 24.1 Å². The molecule has 1 fully saturated rings. The van der Waals surface area contributed by atoms with Crippen molar-refractivity contribution in [1.82, 2.24) is 10.0 Å². The van der Waals surface area contributed by atoms with Gasteiger partial charge >= 0.3 is 0 Å². The molecule has 136 valence electrons. The van der Waals surface area contributed by atoms with Crippen LogP contribution in [0.1, 0.15) is 30.1 Å². The van der Waals surface area contributed by atoms with Crippen molar-refractivity contribution in [2.45, 2.75) is 44.1 Å². The summed E-state index contributed by atoms with van der Waals surface area (Å²) in [5.41, 5.74) is 5.55. The van der Waals surface area contributed by atoms with E-state index in [1.54, 1.807) is 23.3 Å². The predicted octanol–water partition coefficient (Wildman–Crippen LogP) is 1.11. The van der Waals surface area contributed by atoms with Gasteiger partial charge in [0.1, 0.15) is 6.10 Å². The van der Waals surface area contributed by atoms with Crippen molar-refractivity contribution in [2.75, 3.05) is 5.06 Å². The molecule has 8 nitrogen and oxygen atoms in total. The smallest absolute Gasteiger partial charge is 0.282 e. The number of primary amides is 1. The van der Waals surface area contributed by atoms with Crippen LogP contribution in [0, 0.1) is 0 Å². The van der Waals surface area contributed by atoms with Crippen LogP contribution in [0.4, 0.5) is 5.82 Å². The standard InChI is InChI=1S/C18H20N4O4/c1-11-2-8-15(18(24)22-13-4-6-14(25-22)7-5-13)26-21(11)16-9-3-12(10-20-16)17(19)23/h2-4,6,8-11,13-15H,5,7H2,1H3,(H2,19,23). The lowest BCUT2D eigenvalue weighted by molar-refractivity contribution is -0.237. The van der Waals surface area contributed by atoms with E-state index in [1.165, 1.54) is 11.3 Å². The third kappa shape index (κ3) is 2.97. The van der Waals surface area contributed by atoms with E-state index >= 15 is 0 Å². The maximum absolute atomic E-state index is 12.9. The molecule has 0 spiro atoms. The van der Waals surface area contributed by atoms with Crippen LogP contribution in [0.25, 0.3) is 0 Å². The first kappa shape index (κ1) is 16.7. The average molecular weight is 356 g/mol. The maximum atomic E-state index is 12.9. The highest BCUT2D eigenvalue weighted by molar-refractivity contribution is 5.92. The Morgan fingerprint density at radius 2 is 2.00 bits per heavy atom. The predicted molar refractivity (Wildman–Crippen MR) is 92.6 cm³/mol. The second-order valence-electron chi connectivity index (χ2n) is 6.58. The summed E-state index contributed by atoms with van der Waals surface area (Å²) in [5.74, 6) is -0.299. The molecule has 1 saturated heterocycles. The second-order valence-corrected chi connectivity index (χ2v) is 6.58. The van der Waals surface area contributed by atoms with Gasteiger partial charge in [-0.2, -0.15) is 0 Å². The van der Waals surface area contributed by atoms with Crippen LogP contribution < -0.4 is 10.8 Å². The van der Waals surface area contributed by atoms with Crippen molar-refractivity contribution in [3.63, 3.8) is 0 Å². The zero-order valence-corrected chi connectivity index (χ0v) is 14.3. The monoisotopic (exact) mass is 356 g/mol. The number of carbonyl (C=O) groups excluding carboxylic acids is 2. The van der Waals surface area contributed by atoms with Gasteiger partial charge in [-0.25, -0.2) is 15.1 Å². The Morgan fingerprint density at radius 1 is 1.15 bits per heavy atom. The fourth-order valence-electron chi connectivity index (χ4n) is 3.27. The summed E-state index contributed by atoms with van der Waals surface area (Å²) >= 11 is 0. The Labute approximate surface area is 150 Å². The normalized spacial score (nSPS) is 29.9. The van der Waals surface area contributed by atoms with Gasteiger partial charge < -0.3 is 5.73 Å². The van der Waals surface area contributed by atoms with Crippen molar-refractivity contribution in [3.8, 4) is 0 Å². The number of nitrogens with two attached hydrogens (primary N) is 1. The third-order valence-electron chi connectivity index (χ3n) is 4.73. The van der Waals surface area contributed by atoms with E-state index < -0.39 is 12.0 Å². The van der Waals surface area contributed by atoms with Crippen LogP contribution in [-0.2, 0) is 14.5 Å². The SMILES string of the molecule is CC1C=CC(C(=O)N2OC3C=CC2CC3)ON1c1ccc(C(N)=O)cn1. The fraction of sp³-hybridized carbons (Fsp3) is 0.389. The van der Waals surface area contributed by atoms with E-state index in [9.17, 15) is 9.59 Å². The number of hydrogen-bond donors (Lipinski definition) is 1. The van der Waals surface area contributed by atoms with Crippen molar-refractivity contribution < 1.29 is 19.3 Å². The van der Waals surface area contributed by atoms with Crippen molar-refractivity contribution in [2.24, 2.45) is 5.73 Å². The summed E-state index contributed by atoms with van der Waals surface area (Å²) in [4.78, 5) is 39.8. The minimum Gasteiger partial charge on any atom is -0.366 e. The lowest BCUT2D eigenvalue weighted by Crippen LogP contribution is -2.54. The summed E-state index contributed by atoms with van der Waals surface area (Å²) < 4.78 is 0. The fourth-order valence-corrected chi connectivity index (χ4v) is 3.27. The van der Waals surface area contributed by atoms with Gasteiger partial charge in [-0.3, -0.25) is 19.3 Å². The van der Waals surface area contributed by atoms with Crippen LogP contribution in [0.5, 0.6) is 0 Å². The van der Waals surface area contributed by atoms with Gasteiger partial charge in [-0.15, -0.1) is 0 Å². The molecule has 5 rings (SSSR count). The minimum absolute atomic E-state index is 0.0467. The van der Waals surface area contributed by atoms with Gasteiger partial charge in [0.25, 0.3) is 5.91 Å². The van der Waals surface area contributed by atoms with Crippen LogP contribution in [0.15, 0.2) is 42.6 Å². The van der Waals surface area contributed by atoms with Gasteiger partial charge in [0.2, 0.25) is 5.91 Å². The van der Waals surface area contributed by atoms with Gasteiger partial charge in [-0.1, -0.05) is 18.2 Å². The quantitative estimate of drug-likeness (QED) is 0.815. The molecule has 0 saturated carbocycles. The van der Waals surface area contributed by atoms with Crippen molar-refractivity contribution in [3.05, 3.63) is 48.2 Å². The topological polar surface area (TPSA) is 98.0 Å². The molecule has 26 heavy (non-hydrogen) atoms. The Balaban J connectivity index is 1.51. The highest BCUT2D eigenvalue weighted by atomic mass is 16.7. The van der Waals surface area contributed by atoms with Crippen molar-refractivity contribution in [1.29, 1.82) is 0 Å². The summed E-state index contributed by atoms with van der Waals surface area (Å²) in [6.45, 7) is 1.92. The van der Waals surface area contributed by atoms with E-state index in [0.717, 1.165) is 12.8 Å². The summed E-state index contributed by atoms with van der Waals surface area (Å²) in [5, 5.41) is 2.96. The number of rotatable bonds is 3. The average Bonchev–Trinajstić information content (AvgIpc) is 2.69. The maximum Gasteiger partial charge on any atom is 0.282 e. The molecule has 2 N–H and O–H groups in total. The molecular weight excluding hydrogens is 336 g/mol. The third-order valence-corrected chi connectivity index (χ3v) is 4.73. The van der Waals surface area contributed by atoms with Crippen LogP contribution in [0.2, 0.25) is 0 Å². The molecule has 2 amide bonds. The van der Waals surface area contributed by atoms with Crippen LogP contribution >= 0.6 is 0 Å². The van der Waals surface area contributed by atoms with Crippen molar-refractivity contribution >= 4 is 17.6 Å². The minimum atomic E-state index is -0.795. The molecule has 1 aliphatic carbocycles. The molecule has 1 aromatic heterocycles. The molecule has 0 radical (unpaired) electrons. The number of hydroxylamine groups is 3. The Hall–Kier alpha value is -2.71. The van der Waals surface area contributed by atoms with E-state index in [4.69, 9.17) is 15.4 Å². The van der Waals surface area contributed by atoms with Crippen LogP contribution in [-0.4, -0.2) is 46.2 Å². The lowest BCUT2D eigenvalue weighted by atomic mass is 9.98. The number of hydrogen-bond acceptors (Lipinski definition) is 6. The Bertz CT molecular complexity index is 776. The molecule has 4 unspecified atom stereocenters. The molecule has 3 aliphatic heterocycles. The van der Waals surface area contributed by atoms with Crippen LogP contribution in [0.3, 0.4) is 0 Å². The van der Waals surface area contributed by atoms with E-state index in [1.807, 2.05) is 25.2 Å². The number of pyridine rings is 1. The highest BCUT2D eigenvalue weighted by Gasteiger charge is 2.39. The summed E-state index contributed by atoms with van der Waals surface area (Å²) in [6.07, 6.45) is 9.97. The number of anilines is 1. The summed E-state index contributed by atoms with van der Waals surface area (Å²) in [7, 11) is 0. The van der Waals surface area contributed by atoms with Gasteiger partial charge in [0.05, 0.1) is 17.6 Å². The van der Waals surface area contributed by atoms with Gasteiger partial charge in [0.15, 0.2) is 11.9 Å². The molecule has 4 atom stereocenters. The number of carbonyl (C=O) groups is 2. The Kier molecular flexibility index (Phi) is 4.21. The number of fused-ring (bicyclic) bond motifs is 2. The first-order valence-electron chi connectivity index (χ1n) is 8.61. The summed E-state index contributed by atoms with van der Waals surface area (Å²) in [6, 6.07) is 3.04. The number of aromatic nitrogens is 1. The van der Waals surface area contributed by atoms with Gasteiger partial charge in [-0.05, 0) is 38.0 Å². The molecule has 4 aliphatic rings. The lowest BCUT2D eigenvalue weighted by Gasteiger charge is -2.42.